The largest absolute Gasteiger partial charge is 0.379 e. The number of aryl methyl sites for hydroxylation is 1. The molecule has 2 aliphatic rings. The third-order valence-corrected chi connectivity index (χ3v) is 5.75. The molecule has 3 heterocycles. The smallest absolute Gasteiger partial charge is 0.282 e. The summed E-state index contributed by atoms with van der Waals surface area (Å²) in [6, 6.07) is 0. The first-order valence-corrected chi connectivity index (χ1v) is 8.40. The van der Waals surface area contributed by atoms with Gasteiger partial charge in [-0.05, 0) is 0 Å². The molecule has 0 bridgehead atoms. The molecule has 0 amide bonds. The van der Waals surface area contributed by atoms with Gasteiger partial charge in [0.1, 0.15) is 0 Å². The van der Waals surface area contributed by atoms with Crippen LogP contribution in [-0.2, 0) is 26.7 Å². The van der Waals surface area contributed by atoms with E-state index in [0.717, 1.165) is 5.56 Å². The summed E-state index contributed by atoms with van der Waals surface area (Å²) in [6.07, 6.45) is 3.31. The monoisotopic (exact) mass is 316 g/mol. The van der Waals surface area contributed by atoms with Crippen LogP contribution in [0.3, 0.4) is 0 Å². The van der Waals surface area contributed by atoms with Crippen LogP contribution in [0.2, 0.25) is 0 Å². The Bertz CT molecular complexity index is 582. The Kier molecular flexibility index (Phi) is 4.27. The van der Waals surface area contributed by atoms with Gasteiger partial charge in [-0.2, -0.15) is 22.1 Å². The zero-order chi connectivity index (χ0) is 14.9. The quantitative estimate of drug-likeness (QED) is 0.742. The number of rotatable bonds is 3. The molecule has 2 aliphatic heterocycles. The van der Waals surface area contributed by atoms with Gasteiger partial charge in [-0.25, -0.2) is 0 Å². The van der Waals surface area contributed by atoms with Crippen LogP contribution in [-0.4, -0.2) is 72.8 Å². The second kappa shape index (κ2) is 6.01. The minimum atomic E-state index is -3.44. The Hall–Kier alpha value is -1.00. The van der Waals surface area contributed by atoms with Gasteiger partial charge in [0.2, 0.25) is 0 Å². The van der Waals surface area contributed by atoms with Crippen molar-refractivity contribution in [2.45, 2.75) is 6.10 Å². The molecule has 1 aromatic heterocycles. The summed E-state index contributed by atoms with van der Waals surface area (Å²) in [5.41, 5.74) is 0.902. The summed E-state index contributed by atoms with van der Waals surface area (Å²) < 4.78 is 40.9. The highest BCUT2D eigenvalue weighted by Crippen LogP contribution is 2.24. The predicted octanol–water partition coefficient (Wildman–Crippen LogP) is -0.630. The molecule has 0 unspecified atom stereocenters. The first kappa shape index (κ1) is 14.9. The summed E-state index contributed by atoms with van der Waals surface area (Å²) in [5, 5.41) is 4.11. The molecule has 8 nitrogen and oxygen atoms in total. The lowest BCUT2D eigenvalue weighted by molar-refractivity contribution is -0.00622. The predicted molar refractivity (Wildman–Crippen MR) is 74.8 cm³/mol. The van der Waals surface area contributed by atoms with Gasteiger partial charge in [-0.15, -0.1) is 0 Å². The van der Waals surface area contributed by atoms with Crippen molar-refractivity contribution in [2.75, 3.05) is 46.0 Å². The summed E-state index contributed by atoms with van der Waals surface area (Å²) in [4.78, 5) is 0. The third kappa shape index (κ3) is 3.11. The molecule has 118 valence electrons. The fourth-order valence-electron chi connectivity index (χ4n) is 2.58. The molecular weight excluding hydrogens is 296 g/mol. The van der Waals surface area contributed by atoms with E-state index in [-0.39, 0.29) is 6.10 Å². The molecule has 2 fully saturated rings. The van der Waals surface area contributed by atoms with E-state index in [1.807, 2.05) is 13.2 Å². The number of hydrogen-bond donors (Lipinski definition) is 0. The Morgan fingerprint density at radius 3 is 2.57 bits per heavy atom. The summed E-state index contributed by atoms with van der Waals surface area (Å²) >= 11 is 0. The van der Waals surface area contributed by atoms with Crippen molar-refractivity contribution in [1.82, 2.24) is 18.4 Å². The molecule has 0 N–H and O–H groups in total. The zero-order valence-electron chi connectivity index (χ0n) is 12.0. The molecule has 21 heavy (non-hydrogen) atoms. The molecule has 3 rings (SSSR count). The molecule has 1 atom stereocenters. The van der Waals surface area contributed by atoms with Crippen molar-refractivity contribution in [3.8, 4) is 0 Å². The summed E-state index contributed by atoms with van der Waals surface area (Å²) in [5.74, 6) is 0. The van der Waals surface area contributed by atoms with Crippen molar-refractivity contribution < 1.29 is 17.9 Å². The third-order valence-electron chi connectivity index (χ3n) is 3.75. The zero-order valence-corrected chi connectivity index (χ0v) is 12.8. The second-order valence-electron chi connectivity index (χ2n) is 5.18. The van der Waals surface area contributed by atoms with Crippen LogP contribution in [0.5, 0.6) is 0 Å². The van der Waals surface area contributed by atoms with E-state index in [2.05, 4.69) is 5.10 Å². The van der Waals surface area contributed by atoms with E-state index in [1.165, 1.54) is 8.61 Å². The number of hydrogen-bond acceptors (Lipinski definition) is 5. The maximum atomic E-state index is 12.6. The highest BCUT2D eigenvalue weighted by atomic mass is 32.2. The van der Waals surface area contributed by atoms with Crippen LogP contribution in [0, 0.1) is 0 Å². The molecule has 0 aromatic carbocycles. The van der Waals surface area contributed by atoms with Crippen LogP contribution >= 0.6 is 0 Å². The summed E-state index contributed by atoms with van der Waals surface area (Å²) in [7, 11) is -1.61. The summed E-state index contributed by atoms with van der Waals surface area (Å²) in [6.45, 7) is 2.84. The lowest BCUT2D eigenvalue weighted by atomic mass is 10.2. The molecule has 0 spiro atoms. The van der Waals surface area contributed by atoms with Gasteiger partial charge in [0, 0.05) is 45.0 Å². The highest BCUT2D eigenvalue weighted by molar-refractivity contribution is 7.86. The number of morpholine rings is 2. The maximum Gasteiger partial charge on any atom is 0.282 e. The van der Waals surface area contributed by atoms with Crippen LogP contribution in [0.25, 0.3) is 0 Å². The van der Waals surface area contributed by atoms with E-state index in [4.69, 9.17) is 9.47 Å². The first-order chi connectivity index (χ1) is 10.1. The normalized spacial score (nSPS) is 26.0. The van der Waals surface area contributed by atoms with Gasteiger partial charge in [-0.1, -0.05) is 0 Å². The first-order valence-electron chi connectivity index (χ1n) is 7.00. The average Bonchev–Trinajstić information content (AvgIpc) is 2.95. The Morgan fingerprint density at radius 2 is 1.90 bits per heavy atom. The van der Waals surface area contributed by atoms with Crippen LogP contribution in [0.15, 0.2) is 12.4 Å². The van der Waals surface area contributed by atoms with E-state index in [1.54, 1.807) is 10.9 Å². The SMILES string of the molecule is Cn1cc([C@H]2CN(S(=O)(=O)N3CCOCC3)CCO2)cn1. The lowest BCUT2D eigenvalue weighted by Crippen LogP contribution is -2.52. The van der Waals surface area contributed by atoms with Gasteiger partial charge in [0.15, 0.2) is 0 Å². The lowest BCUT2D eigenvalue weighted by Gasteiger charge is -2.36. The van der Waals surface area contributed by atoms with Crippen LogP contribution < -0.4 is 0 Å². The fourth-order valence-corrected chi connectivity index (χ4v) is 4.15. The topological polar surface area (TPSA) is 76.9 Å². The Labute approximate surface area is 124 Å². The van der Waals surface area contributed by atoms with Crippen molar-refractivity contribution in [3.05, 3.63) is 18.0 Å². The molecule has 0 radical (unpaired) electrons. The minimum absolute atomic E-state index is 0.261. The highest BCUT2D eigenvalue weighted by Gasteiger charge is 2.35. The minimum Gasteiger partial charge on any atom is -0.379 e. The van der Waals surface area contributed by atoms with E-state index in [9.17, 15) is 8.42 Å². The van der Waals surface area contributed by atoms with Gasteiger partial charge in [0.05, 0.1) is 32.1 Å². The van der Waals surface area contributed by atoms with Gasteiger partial charge in [0.25, 0.3) is 10.2 Å². The molecule has 2 saturated heterocycles. The maximum absolute atomic E-state index is 12.6. The second-order valence-corrected chi connectivity index (χ2v) is 7.11. The number of nitrogens with zero attached hydrogens (tertiary/aromatic N) is 4. The van der Waals surface area contributed by atoms with Crippen molar-refractivity contribution in [3.63, 3.8) is 0 Å². The molecular formula is C12H20N4O4S. The fraction of sp³-hybridized carbons (Fsp3) is 0.750. The van der Waals surface area contributed by atoms with Crippen molar-refractivity contribution in [1.29, 1.82) is 0 Å². The molecule has 0 saturated carbocycles. The van der Waals surface area contributed by atoms with Gasteiger partial charge < -0.3 is 9.47 Å². The standard InChI is InChI=1S/C12H20N4O4S/c1-14-9-11(8-13-14)12-10-16(4-7-20-12)21(17,18)15-2-5-19-6-3-15/h8-9,12H,2-7,10H2,1H3/t12-/m1/s1. The Balaban J connectivity index is 1.73. The van der Waals surface area contributed by atoms with Crippen LogP contribution in [0.4, 0.5) is 0 Å². The number of ether oxygens (including phenoxy) is 2. The Morgan fingerprint density at radius 1 is 1.19 bits per heavy atom. The van der Waals surface area contributed by atoms with E-state index < -0.39 is 10.2 Å². The van der Waals surface area contributed by atoms with Crippen molar-refractivity contribution in [2.24, 2.45) is 7.05 Å². The van der Waals surface area contributed by atoms with Crippen molar-refractivity contribution >= 4 is 10.2 Å². The van der Waals surface area contributed by atoms with Gasteiger partial charge >= 0.3 is 0 Å². The van der Waals surface area contributed by atoms with E-state index in [0.29, 0.717) is 46.0 Å². The van der Waals surface area contributed by atoms with E-state index >= 15 is 0 Å². The molecule has 1 aromatic rings. The van der Waals surface area contributed by atoms with Gasteiger partial charge in [-0.3, -0.25) is 4.68 Å². The average molecular weight is 316 g/mol. The number of aromatic nitrogens is 2. The molecule has 9 heteroatoms. The molecule has 0 aliphatic carbocycles. The van der Waals surface area contributed by atoms with Crippen LogP contribution in [0.1, 0.15) is 11.7 Å².